The van der Waals surface area contributed by atoms with Crippen molar-refractivity contribution in [2.24, 2.45) is 0 Å². The number of rotatable bonds is 7. The van der Waals surface area contributed by atoms with Crippen molar-refractivity contribution in [3.63, 3.8) is 0 Å². The Labute approximate surface area is 233 Å². The molecule has 0 bridgehead atoms. The number of hydrogen-bond acceptors (Lipinski definition) is 4. The molecule has 3 aromatic rings. The number of ether oxygens (including phenoxy) is 1. The van der Waals surface area contributed by atoms with Gasteiger partial charge in [0.25, 0.3) is 11.8 Å². The predicted octanol–water partition coefficient (Wildman–Crippen LogP) is 7.73. The van der Waals surface area contributed by atoms with E-state index >= 15 is 0 Å². The Morgan fingerprint density at radius 2 is 1.54 bits per heavy atom. The molecule has 2 N–H and O–H groups in total. The van der Waals surface area contributed by atoms with E-state index in [0.29, 0.717) is 46.7 Å². The van der Waals surface area contributed by atoms with Gasteiger partial charge in [-0.2, -0.15) is 5.26 Å². The average Bonchev–Trinajstić information content (AvgIpc) is 2.80. The first-order chi connectivity index (χ1) is 16.7. The second-order valence-electron chi connectivity index (χ2n) is 6.91. The van der Waals surface area contributed by atoms with Gasteiger partial charge in [0.15, 0.2) is 6.61 Å². The largest absolute Gasteiger partial charge is 0.481 e. The van der Waals surface area contributed by atoms with Gasteiger partial charge in [-0.05, 0) is 98.1 Å². The summed E-state index contributed by atoms with van der Waals surface area (Å²) in [5.74, 6) is -0.603. The van der Waals surface area contributed by atoms with Gasteiger partial charge in [-0.1, -0.05) is 34.8 Å². The molecular weight excluding hydrogens is 644 g/mol. The van der Waals surface area contributed by atoms with E-state index in [1.54, 1.807) is 48.5 Å². The Morgan fingerprint density at radius 1 is 0.914 bits per heavy atom. The Bertz CT molecular complexity index is 1330. The normalized spacial score (nSPS) is 10.9. The first-order valence-corrected chi connectivity index (χ1v) is 12.4. The Kier molecular flexibility index (Phi) is 9.61. The molecule has 0 heterocycles. The van der Waals surface area contributed by atoms with E-state index in [4.69, 9.17) is 39.5 Å². The Balaban J connectivity index is 1.68. The van der Waals surface area contributed by atoms with Gasteiger partial charge in [0.05, 0.1) is 19.0 Å². The van der Waals surface area contributed by atoms with Gasteiger partial charge >= 0.3 is 0 Å². The first-order valence-electron chi connectivity index (χ1n) is 9.71. The molecule has 3 rings (SSSR count). The van der Waals surface area contributed by atoms with Crippen molar-refractivity contribution >= 4 is 95.9 Å². The fraction of sp³-hybridized carbons (Fsp3) is 0.0417. The summed E-state index contributed by atoms with van der Waals surface area (Å²) >= 11 is 24.5. The molecule has 3 aromatic carbocycles. The highest BCUT2D eigenvalue weighted by Gasteiger charge is 2.14. The van der Waals surface area contributed by atoms with E-state index in [9.17, 15) is 14.9 Å². The van der Waals surface area contributed by atoms with Gasteiger partial charge in [-0.15, -0.1) is 0 Å². The van der Waals surface area contributed by atoms with Gasteiger partial charge < -0.3 is 15.4 Å². The van der Waals surface area contributed by atoms with E-state index in [0.717, 1.165) is 0 Å². The molecule has 0 fully saturated rings. The maximum absolute atomic E-state index is 12.5. The van der Waals surface area contributed by atoms with Crippen LogP contribution >= 0.6 is 66.7 Å². The summed E-state index contributed by atoms with van der Waals surface area (Å²) in [5, 5.41) is 16.0. The van der Waals surface area contributed by atoms with Crippen LogP contribution in [0.15, 0.2) is 69.1 Å². The lowest BCUT2D eigenvalue weighted by Crippen LogP contribution is -2.20. The summed E-state index contributed by atoms with van der Waals surface area (Å²) in [6, 6.07) is 16.5. The summed E-state index contributed by atoms with van der Waals surface area (Å²) in [5.41, 5.74) is 1.44. The highest BCUT2D eigenvalue weighted by atomic mass is 79.9. The topological polar surface area (TPSA) is 91.2 Å². The molecule has 2 amide bonds. The number of carbonyl (C=O) groups is 2. The fourth-order valence-corrected chi connectivity index (χ4v) is 4.63. The van der Waals surface area contributed by atoms with E-state index in [1.165, 1.54) is 12.1 Å². The van der Waals surface area contributed by atoms with Crippen molar-refractivity contribution in [2.75, 3.05) is 17.2 Å². The van der Waals surface area contributed by atoms with Crippen LogP contribution in [0.3, 0.4) is 0 Å². The van der Waals surface area contributed by atoms with Crippen molar-refractivity contribution in [1.29, 1.82) is 5.26 Å². The average molecular weight is 659 g/mol. The summed E-state index contributed by atoms with van der Waals surface area (Å²) < 4.78 is 6.66. The molecule has 0 saturated carbocycles. The third kappa shape index (κ3) is 7.72. The quantitative estimate of drug-likeness (QED) is 0.201. The maximum Gasteiger partial charge on any atom is 0.266 e. The monoisotopic (exact) mass is 655 g/mol. The van der Waals surface area contributed by atoms with E-state index in [1.807, 2.05) is 6.07 Å². The minimum Gasteiger partial charge on any atom is -0.481 e. The standard InChI is InChI=1S/C24H14Br2Cl3N3O3/c25-18-8-13(7-14(11-30)24(34)32-16-3-1-15(27)2-4-16)9-19(26)23(18)35-12-22(33)31-17-5-6-20(28)21(29)10-17/h1-10H,12H2,(H,31,33)(H,32,34)/b14-7-. The second kappa shape index (κ2) is 12.4. The van der Waals surface area contributed by atoms with Gasteiger partial charge in [-0.3, -0.25) is 9.59 Å². The van der Waals surface area contributed by atoms with Crippen LogP contribution in [0.1, 0.15) is 5.56 Å². The number of nitrogens with one attached hydrogen (secondary N) is 2. The molecule has 0 aliphatic carbocycles. The minimum absolute atomic E-state index is 0.103. The maximum atomic E-state index is 12.5. The molecule has 178 valence electrons. The van der Waals surface area contributed by atoms with E-state index < -0.39 is 11.8 Å². The first kappa shape index (κ1) is 27.1. The summed E-state index contributed by atoms with van der Waals surface area (Å²) in [4.78, 5) is 24.8. The molecule has 0 unspecified atom stereocenters. The Hall–Kier alpha value is -2.54. The van der Waals surface area contributed by atoms with E-state index in [2.05, 4.69) is 42.5 Å². The van der Waals surface area contributed by atoms with Crippen LogP contribution in [-0.2, 0) is 9.59 Å². The van der Waals surface area contributed by atoms with Crippen molar-refractivity contribution < 1.29 is 14.3 Å². The molecule has 0 saturated heterocycles. The number of anilines is 2. The SMILES string of the molecule is N#C/C(=C/c1cc(Br)c(OCC(=O)Nc2ccc(Cl)c(Cl)c2)c(Br)c1)C(=O)Nc1ccc(Cl)cc1. The lowest BCUT2D eigenvalue weighted by atomic mass is 10.1. The van der Waals surface area contributed by atoms with Crippen LogP contribution in [0.2, 0.25) is 15.1 Å². The minimum atomic E-state index is -0.568. The Morgan fingerprint density at radius 3 is 2.14 bits per heavy atom. The van der Waals surface area contributed by atoms with Crippen LogP contribution < -0.4 is 15.4 Å². The molecule has 6 nitrogen and oxygen atoms in total. The zero-order chi connectivity index (χ0) is 25.5. The number of halogens is 5. The molecule has 0 radical (unpaired) electrons. The van der Waals surface area contributed by atoms with Crippen LogP contribution in [0.5, 0.6) is 5.75 Å². The van der Waals surface area contributed by atoms with Crippen molar-refractivity contribution in [3.05, 3.63) is 89.7 Å². The van der Waals surface area contributed by atoms with Crippen molar-refractivity contribution in [1.82, 2.24) is 0 Å². The van der Waals surface area contributed by atoms with Gasteiger partial charge in [0.1, 0.15) is 17.4 Å². The van der Waals surface area contributed by atoms with Gasteiger partial charge in [0, 0.05) is 16.4 Å². The molecule has 0 spiro atoms. The predicted molar refractivity (Wildman–Crippen MR) is 146 cm³/mol. The lowest BCUT2D eigenvalue weighted by molar-refractivity contribution is -0.118. The number of nitrogens with zero attached hydrogens (tertiary/aromatic N) is 1. The zero-order valence-corrected chi connectivity index (χ0v) is 23.0. The van der Waals surface area contributed by atoms with Crippen molar-refractivity contribution in [2.45, 2.75) is 0 Å². The summed E-state index contributed by atoms with van der Waals surface area (Å²) in [6.45, 7) is -0.278. The number of amides is 2. The molecule has 35 heavy (non-hydrogen) atoms. The van der Waals surface area contributed by atoms with E-state index in [-0.39, 0.29) is 12.2 Å². The van der Waals surface area contributed by atoms with Crippen molar-refractivity contribution in [3.8, 4) is 11.8 Å². The van der Waals surface area contributed by atoms with Crippen LogP contribution in [0.4, 0.5) is 11.4 Å². The fourth-order valence-electron chi connectivity index (χ4n) is 2.76. The molecular formula is C24H14Br2Cl3N3O3. The summed E-state index contributed by atoms with van der Waals surface area (Å²) in [7, 11) is 0. The molecule has 11 heteroatoms. The van der Waals surface area contributed by atoms with Gasteiger partial charge in [0.2, 0.25) is 0 Å². The second-order valence-corrected chi connectivity index (χ2v) is 9.87. The third-order valence-electron chi connectivity index (χ3n) is 4.35. The number of hydrogen-bond donors (Lipinski definition) is 2. The lowest BCUT2D eigenvalue weighted by Gasteiger charge is -2.12. The molecule has 0 aromatic heterocycles. The zero-order valence-electron chi connectivity index (χ0n) is 17.5. The molecule has 0 aliphatic heterocycles. The third-order valence-corrected chi connectivity index (χ3v) is 6.52. The molecule has 0 atom stereocenters. The highest BCUT2D eigenvalue weighted by molar-refractivity contribution is 9.11. The van der Waals surface area contributed by atoms with Crippen LogP contribution in [0, 0.1) is 11.3 Å². The number of nitriles is 1. The number of benzene rings is 3. The summed E-state index contributed by atoms with van der Waals surface area (Å²) in [6.07, 6.45) is 1.43. The molecule has 0 aliphatic rings. The van der Waals surface area contributed by atoms with Crippen LogP contribution in [-0.4, -0.2) is 18.4 Å². The number of carbonyl (C=O) groups excluding carboxylic acids is 2. The van der Waals surface area contributed by atoms with Gasteiger partial charge in [-0.25, -0.2) is 0 Å². The smallest absolute Gasteiger partial charge is 0.266 e. The highest BCUT2D eigenvalue weighted by Crippen LogP contribution is 2.35. The van der Waals surface area contributed by atoms with Crippen LogP contribution in [0.25, 0.3) is 6.08 Å².